The van der Waals surface area contributed by atoms with Crippen LogP contribution >= 0.6 is 11.3 Å². The van der Waals surface area contributed by atoms with Crippen molar-refractivity contribution in [2.45, 2.75) is 20.4 Å². The van der Waals surface area contributed by atoms with Gasteiger partial charge in [0.05, 0.1) is 16.2 Å². The first-order valence-electron chi connectivity index (χ1n) is 7.53. The van der Waals surface area contributed by atoms with Crippen LogP contribution < -0.4 is 10.9 Å². The van der Waals surface area contributed by atoms with Gasteiger partial charge in [-0.3, -0.25) is 9.36 Å². The van der Waals surface area contributed by atoms with Crippen molar-refractivity contribution in [3.63, 3.8) is 0 Å². The molecule has 7 nitrogen and oxygen atoms in total. The molecule has 3 heterocycles. The van der Waals surface area contributed by atoms with Crippen molar-refractivity contribution >= 4 is 34.0 Å². The van der Waals surface area contributed by atoms with E-state index in [1.54, 1.807) is 19.1 Å². The number of amides is 1. The van der Waals surface area contributed by atoms with Gasteiger partial charge in [0.1, 0.15) is 16.4 Å². The molecular weight excluding hydrogens is 326 g/mol. The quantitative estimate of drug-likeness (QED) is 0.706. The summed E-state index contributed by atoms with van der Waals surface area (Å²) in [5.74, 6) is 0.652. The molecule has 4 rings (SSSR count). The van der Waals surface area contributed by atoms with E-state index in [1.807, 2.05) is 17.6 Å². The van der Waals surface area contributed by atoms with Crippen molar-refractivity contribution in [1.29, 1.82) is 0 Å². The third-order valence-electron chi connectivity index (χ3n) is 3.90. The Kier molecular flexibility index (Phi) is 3.34. The van der Waals surface area contributed by atoms with Crippen LogP contribution in [0.15, 0.2) is 23.2 Å². The molecule has 1 amide bonds. The number of aromatic hydroxyl groups is 1. The van der Waals surface area contributed by atoms with Crippen LogP contribution in [-0.4, -0.2) is 32.1 Å². The predicted molar refractivity (Wildman–Crippen MR) is 91.4 cm³/mol. The van der Waals surface area contributed by atoms with Crippen molar-refractivity contribution in [3.05, 3.63) is 39.4 Å². The molecule has 8 heteroatoms. The first-order chi connectivity index (χ1) is 11.5. The van der Waals surface area contributed by atoms with Gasteiger partial charge in [-0.1, -0.05) is 0 Å². The molecule has 122 valence electrons. The van der Waals surface area contributed by atoms with E-state index in [9.17, 15) is 9.90 Å². The van der Waals surface area contributed by atoms with Crippen LogP contribution in [0.1, 0.15) is 20.4 Å². The second-order valence-corrected chi connectivity index (χ2v) is 6.81. The number of fused-ring (bicyclic) bond motifs is 3. The second-order valence-electron chi connectivity index (χ2n) is 5.60. The summed E-state index contributed by atoms with van der Waals surface area (Å²) in [7, 11) is 0. The standard InChI is InChI=1S/C16H15N5O2S/c1-8-13(24-9(2)18-8)15(23)20-16-19-12-7-10(22)3-4-11(12)14-17-5-6-21(14)16/h3-4,7,17,22H,5-6H2,1-2H3. The lowest BCUT2D eigenvalue weighted by atomic mass is 10.2. The number of nitrogens with one attached hydrogen (secondary N) is 1. The van der Waals surface area contributed by atoms with Gasteiger partial charge in [0.25, 0.3) is 5.91 Å². The normalized spacial score (nSPS) is 14.0. The molecule has 2 N–H and O–H groups in total. The van der Waals surface area contributed by atoms with Crippen molar-refractivity contribution in [2.24, 2.45) is 4.99 Å². The van der Waals surface area contributed by atoms with Crippen molar-refractivity contribution in [1.82, 2.24) is 14.5 Å². The minimum Gasteiger partial charge on any atom is -0.508 e. The first-order valence-corrected chi connectivity index (χ1v) is 8.35. The molecule has 1 aliphatic heterocycles. The highest BCUT2D eigenvalue weighted by Crippen LogP contribution is 2.26. The maximum atomic E-state index is 12.5. The summed E-state index contributed by atoms with van der Waals surface area (Å²) in [5, 5.41) is 14.7. The van der Waals surface area contributed by atoms with E-state index < -0.39 is 0 Å². The average Bonchev–Trinajstić information content (AvgIpc) is 3.13. The zero-order valence-electron chi connectivity index (χ0n) is 13.2. The maximum Gasteiger partial charge on any atom is 0.292 e. The van der Waals surface area contributed by atoms with Crippen LogP contribution in [0.5, 0.6) is 5.75 Å². The highest BCUT2D eigenvalue weighted by atomic mass is 32.1. The topological polar surface area (TPSA) is 92.4 Å². The fourth-order valence-corrected chi connectivity index (χ4v) is 3.68. The number of rotatable bonds is 1. The SMILES string of the molecule is Cc1nc(C)c(C(=O)N=c2nc3cc(O)ccc3c3n2CCN3)s1. The number of anilines is 1. The minimum absolute atomic E-state index is 0.129. The molecule has 0 unspecified atom stereocenters. The molecule has 1 aliphatic rings. The third kappa shape index (κ3) is 2.35. The third-order valence-corrected chi connectivity index (χ3v) is 4.96. The van der Waals surface area contributed by atoms with Gasteiger partial charge < -0.3 is 10.4 Å². The van der Waals surface area contributed by atoms with Gasteiger partial charge in [-0.2, -0.15) is 4.99 Å². The lowest BCUT2D eigenvalue weighted by molar-refractivity contribution is 0.0999. The van der Waals surface area contributed by atoms with Crippen molar-refractivity contribution in [2.75, 3.05) is 11.9 Å². The molecule has 24 heavy (non-hydrogen) atoms. The summed E-state index contributed by atoms with van der Waals surface area (Å²) in [6.07, 6.45) is 0. The van der Waals surface area contributed by atoms with E-state index in [4.69, 9.17) is 0 Å². The van der Waals surface area contributed by atoms with Gasteiger partial charge in [0, 0.05) is 24.5 Å². The molecule has 0 spiro atoms. The number of carbonyl (C=O) groups excluding carboxylic acids is 1. The molecular formula is C16H15N5O2S. The number of benzene rings is 1. The molecule has 0 aliphatic carbocycles. The van der Waals surface area contributed by atoms with Gasteiger partial charge in [-0.15, -0.1) is 11.3 Å². The fraction of sp³-hybridized carbons (Fsp3) is 0.250. The molecule has 0 bridgehead atoms. The minimum atomic E-state index is -0.341. The van der Waals surface area contributed by atoms with Crippen molar-refractivity contribution < 1.29 is 9.90 Å². The van der Waals surface area contributed by atoms with E-state index >= 15 is 0 Å². The van der Waals surface area contributed by atoms with Crippen LogP contribution in [0.2, 0.25) is 0 Å². The van der Waals surface area contributed by atoms with E-state index in [0.717, 1.165) is 22.8 Å². The summed E-state index contributed by atoms with van der Waals surface area (Å²) in [5.41, 5.74) is 1.62. The van der Waals surface area contributed by atoms with Crippen LogP contribution in [0.25, 0.3) is 10.9 Å². The Morgan fingerprint density at radius 2 is 2.21 bits per heavy atom. The number of phenols is 1. The Balaban J connectivity index is 1.93. The van der Waals surface area contributed by atoms with Crippen molar-refractivity contribution in [3.8, 4) is 5.75 Å². The molecule has 0 saturated heterocycles. The molecule has 1 aromatic carbocycles. The highest BCUT2D eigenvalue weighted by Gasteiger charge is 2.18. The second kappa shape index (κ2) is 5.41. The van der Waals surface area contributed by atoms with Gasteiger partial charge in [-0.05, 0) is 26.0 Å². The monoisotopic (exact) mass is 341 g/mol. The van der Waals surface area contributed by atoms with Gasteiger partial charge in [0.15, 0.2) is 0 Å². The highest BCUT2D eigenvalue weighted by molar-refractivity contribution is 7.13. The zero-order chi connectivity index (χ0) is 16.8. The van der Waals surface area contributed by atoms with Crippen LogP contribution in [0.4, 0.5) is 5.82 Å². The Labute approximate surface area is 141 Å². The molecule has 0 atom stereocenters. The van der Waals surface area contributed by atoms with E-state index in [1.165, 1.54) is 11.3 Å². The van der Waals surface area contributed by atoms with E-state index in [-0.39, 0.29) is 11.7 Å². The van der Waals surface area contributed by atoms with Crippen LogP contribution in [-0.2, 0) is 6.54 Å². The number of carbonyl (C=O) groups is 1. The molecule has 2 aromatic heterocycles. The largest absolute Gasteiger partial charge is 0.508 e. The average molecular weight is 341 g/mol. The lowest BCUT2D eigenvalue weighted by Crippen LogP contribution is -2.24. The fourth-order valence-electron chi connectivity index (χ4n) is 2.87. The Morgan fingerprint density at radius 3 is 2.96 bits per heavy atom. The smallest absolute Gasteiger partial charge is 0.292 e. The van der Waals surface area contributed by atoms with Gasteiger partial charge >= 0.3 is 0 Å². The zero-order valence-corrected chi connectivity index (χ0v) is 14.0. The Morgan fingerprint density at radius 1 is 1.38 bits per heavy atom. The number of thiazole rings is 1. The molecule has 3 aromatic rings. The molecule has 0 fully saturated rings. The van der Waals surface area contributed by atoms with Gasteiger partial charge in [0.2, 0.25) is 5.62 Å². The predicted octanol–water partition coefficient (Wildman–Crippen LogP) is 1.98. The van der Waals surface area contributed by atoms with Crippen LogP contribution in [0.3, 0.4) is 0 Å². The number of aryl methyl sites for hydroxylation is 2. The molecule has 0 saturated carbocycles. The van der Waals surface area contributed by atoms with E-state index in [2.05, 4.69) is 20.3 Å². The summed E-state index contributed by atoms with van der Waals surface area (Å²) in [4.78, 5) is 26.0. The molecule has 0 radical (unpaired) electrons. The van der Waals surface area contributed by atoms with Crippen LogP contribution in [0, 0.1) is 13.8 Å². The summed E-state index contributed by atoms with van der Waals surface area (Å²) < 4.78 is 1.89. The summed E-state index contributed by atoms with van der Waals surface area (Å²) in [6, 6.07) is 5.00. The number of hydrogen-bond acceptors (Lipinski definition) is 6. The lowest BCUT2D eigenvalue weighted by Gasteiger charge is -2.08. The maximum absolute atomic E-state index is 12.5. The van der Waals surface area contributed by atoms with Gasteiger partial charge in [-0.25, -0.2) is 9.97 Å². The number of phenolic OH excluding ortho intramolecular Hbond substituents is 1. The summed E-state index contributed by atoms with van der Waals surface area (Å²) >= 11 is 1.33. The first kappa shape index (κ1) is 14.8. The Bertz CT molecular complexity index is 1050. The Hall–Kier alpha value is -2.74. The number of nitrogens with zero attached hydrogens (tertiary/aromatic N) is 4. The number of aromatic nitrogens is 3. The van der Waals surface area contributed by atoms with E-state index in [0.29, 0.717) is 28.3 Å². The number of hydrogen-bond donors (Lipinski definition) is 2. The summed E-state index contributed by atoms with van der Waals surface area (Å²) in [6.45, 7) is 5.10.